The van der Waals surface area contributed by atoms with Gasteiger partial charge < -0.3 is 15.2 Å². The van der Waals surface area contributed by atoms with Gasteiger partial charge in [0.25, 0.3) is 5.91 Å². The summed E-state index contributed by atoms with van der Waals surface area (Å²) in [6, 6.07) is 8.18. The number of halogens is 1. The highest BCUT2D eigenvalue weighted by Gasteiger charge is 2.16. The molecule has 1 aromatic heterocycles. The minimum atomic E-state index is -0.0310. The zero-order chi connectivity index (χ0) is 15.7. The summed E-state index contributed by atoms with van der Waals surface area (Å²) >= 11 is 0. The quantitative estimate of drug-likeness (QED) is 0.903. The van der Waals surface area contributed by atoms with Crippen LogP contribution in [-0.2, 0) is 19.5 Å². The van der Waals surface area contributed by atoms with E-state index >= 15 is 0 Å². The predicted octanol–water partition coefficient (Wildman–Crippen LogP) is 3.44. The summed E-state index contributed by atoms with van der Waals surface area (Å²) in [5, 5.41) is 6.40. The summed E-state index contributed by atoms with van der Waals surface area (Å²) in [4.78, 5) is 12.5. The van der Waals surface area contributed by atoms with Crippen molar-refractivity contribution in [3.63, 3.8) is 0 Å². The normalized spacial score (nSPS) is 13.2. The molecule has 0 saturated heterocycles. The first-order valence-corrected chi connectivity index (χ1v) is 7.90. The highest BCUT2D eigenvalue weighted by molar-refractivity contribution is 6.05. The molecule has 3 rings (SSSR count). The van der Waals surface area contributed by atoms with E-state index in [1.54, 1.807) is 0 Å². The van der Waals surface area contributed by atoms with E-state index in [0.29, 0.717) is 0 Å². The van der Waals surface area contributed by atoms with Gasteiger partial charge >= 0.3 is 0 Å². The van der Waals surface area contributed by atoms with Crippen LogP contribution >= 0.6 is 12.4 Å². The topological polar surface area (TPSA) is 46.1 Å². The fourth-order valence-corrected chi connectivity index (χ4v) is 3.27. The van der Waals surface area contributed by atoms with Crippen molar-refractivity contribution >= 4 is 24.0 Å². The standard InChI is InChI=1S/C18H23N3O.ClH/c1-4-21-12(2)9-17(13(21)3)18(22)20-16-6-5-14-7-8-19-11-15(14)10-16;/h5-6,9-10,19H,4,7-8,11H2,1-3H3,(H,20,22);1H. The second-order valence-electron chi connectivity index (χ2n) is 5.89. The smallest absolute Gasteiger partial charge is 0.257 e. The highest BCUT2D eigenvalue weighted by Crippen LogP contribution is 2.21. The van der Waals surface area contributed by atoms with Crippen LogP contribution in [0, 0.1) is 13.8 Å². The number of nitrogens with one attached hydrogen (secondary N) is 2. The minimum Gasteiger partial charge on any atom is -0.349 e. The van der Waals surface area contributed by atoms with Gasteiger partial charge in [-0.15, -0.1) is 12.4 Å². The Bertz CT molecular complexity index is 721. The Labute approximate surface area is 143 Å². The molecule has 0 bridgehead atoms. The van der Waals surface area contributed by atoms with Crippen molar-refractivity contribution in [2.45, 2.75) is 40.3 Å². The Balaban J connectivity index is 0.00000192. The highest BCUT2D eigenvalue weighted by atomic mass is 35.5. The Kier molecular flexibility index (Phi) is 5.50. The Hall–Kier alpha value is -1.78. The van der Waals surface area contributed by atoms with E-state index in [1.165, 1.54) is 11.1 Å². The van der Waals surface area contributed by atoms with E-state index in [9.17, 15) is 4.79 Å². The lowest BCUT2D eigenvalue weighted by molar-refractivity contribution is 0.102. The summed E-state index contributed by atoms with van der Waals surface area (Å²) in [7, 11) is 0. The Morgan fingerprint density at radius 1 is 1.26 bits per heavy atom. The molecule has 5 heteroatoms. The largest absolute Gasteiger partial charge is 0.349 e. The maximum absolute atomic E-state index is 12.5. The monoisotopic (exact) mass is 333 g/mol. The second kappa shape index (κ2) is 7.20. The molecule has 1 amide bonds. The molecule has 1 aliphatic heterocycles. The van der Waals surface area contributed by atoms with Gasteiger partial charge in [-0.1, -0.05) is 6.07 Å². The van der Waals surface area contributed by atoms with Gasteiger partial charge in [-0.25, -0.2) is 0 Å². The molecule has 0 unspecified atom stereocenters. The van der Waals surface area contributed by atoms with E-state index < -0.39 is 0 Å². The molecule has 0 fully saturated rings. The van der Waals surface area contributed by atoms with Crippen LogP contribution in [0.1, 0.15) is 39.8 Å². The van der Waals surface area contributed by atoms with Gasteiger partial charge in [-0.2, -0.15) is 0 Å². The first-order valence-electron chi connectivity index (χ1n) is 7.90. The van der Waals surface area contributed by atoms with Gasteiger partial charge in [0.1, 0.15) is 0 Å². The van der Waals surface area contributed by atoms with Crippen molar-refractivity contribution in [1.82, 2.24) is 9.88 Å². The van der Waals surface area contributed by atoms with E-state index in [4.69, 9.17) is 0 Å². The molecule has 0 aliphatic carbocycles. The first kappa shape index (κ1) is 17.6. The third kappa shape index (κ3) is 3.43. The lowest BCUT2D eigenvalue weighted by atomic mass is 10.0. The maximum atomic E-state index is 12.5. The van der Waals surface area contributed by atoms with Crippen molar-refractivity contribution in [3.05, 3.63) is 52.3 Å². The van der Waals surface area contributed by atoms with Gasteiger partial charge in [-0.05, 0) is 63.1 Å². The summed E-state index contributed by atoms with van der Waals surface area (Å²) in [5.41, 5.74) is 6.44. The molecule has 1 aliphatic rings. The lowest BCUT2D eigenvalue weighted by Crippen LogP contribution is -2.23. The molecule has 2 N–H and O–H groups in total. The maximum Gasteiger partial charge on any atom is 0.257 e. The molecule has 0 saturated carbocycles. The first-order chi connectivity index (χ1) is 10.6. The van der Waals surface area contributed by atoms with Crippen LogP contribution < -0.4 is 10.6 Å². The number of fused-ring (bicyclic) bond motifs is 1. The number of amides is 1. The zero-order valence-electron chi connectivity index (χ0n) is 13.9. The van der Waals surface area contributed by atoms with Crippen LogP contribution in [0.4, 0.5) is 5.69 Å². The van der Waals surface area contributed by atoms with Gasteiger partial charge in [0.2, 0.25) is 0 Å². The molecule has 2 aromatic rings. The van der Waals surface area contributed by atoms with Crippen molar-refractivity contribution in [1.29, 1.82) is 0 Å². The van der Waals surface area contributed by atoms with Crippen molar-refractivity contribution in [3.8, 4) is 0 Å². The molecule has 0 spiro atoms. The molecule has 124 valence electrons. The number of carbonyl (C=O) groups is 1. The molecule has 23 heavy (non-hydrogen) atoms. The number of nitrogens with zero attached hydrogens (tertiary/aromatic N) is 1. The number of carbonyl (C=O) groups excluding carboxylic acids is 1. The fraction of sp³-hybridized carbons (Fsp3) is 0.389. The lowest BCUT2D eigenvalue weighted by Gasteiger charge is -2.18. The molecule has 4 nitrogen and oxygen atoms in total. The Morgan fingerprint density at radius 3 is 2.74 bits per heavy atom. The number of aryl methyl sites for hydroxylation is 1. The summed E-state index contributed by atoms with van der Waals surface area (Å²) in [6.07, 6.45) is 1.06. The molecule has 0 radical (unpaired) electrons. The summed E-state index contributed by atoms with van der Waals surface area (Å²) in [6.45, 7) is 8.93. The molecular weight excluding hydrogens is 310 g/mol. The van der Waals surface area contributed by atoms with Crippen LogP contribution in [0.2, 0.25) is 0 Å². The number of aromatic nitrogens is 1. The van der Waals surface area contributed by atoms with Gasteiger partial charge in [-0.3, -0.25) is 4.79 Å². The fourth-order valence-electron chi connectivity index (χ4n) is 3.27. The zero-order valence-corrected chi connectivity index (χ0v) is 14.7. The summed E-state index contributed by atoms with van der Waals surface area (Å²) in [5.74, 6) is -0.0310. The third-order valence-electron chi connectivity index (χ3n) is 4.49. The van der Waals surface area contributed by atoms with Gasteiger partial charge in [0.05, 0.1) is 5.56 Å². The van der Waals surface area contributed by atoms with Gasteiger partial charge in [0, 0.05) is 30.2 Å². The molecule has 2 heterocycles. The number of hydrogen-bond acceptors (Lipinski definition) is 2. The average molecular weight is 334 g/mol. The molecular formula is C18H24ClN3O. The van der Waals surface area contributed by atoms with E-state index in [1.807, 2.05) is 26.0 Å². The van der Waals surface area contributed by atoms with Crippen LogP contribution in [0.3, 0.4) is 0 Å². The van der Waals surface area contributed by atoms with Crippen LogP contribution in [-0.4, -0.2) is 17.0 Å². The number of rotatable bonds is 3. The van der Waals surface area contributed by atoms with Crippen LogP contribution in [0.25, 0.3) is 0 Å². The molecule has 1 aromatic carbocycles. The van der Waals surface area contributed by atoms with Crippen molar-refractivity contribution in [2.24, 2.45) is 0 Å². The SMILES string of the molecule is CCn1c(C)cc(C(=O)Nc2ccc3c(c2)CNCC3)c1C.Cl. The second-order valence-corrected chi connectivity index (χ2v) is 5.89. The van der Waals surface area contributed by atoms with Gasteiger partial charge in [0.15, 0.2) is 0 Å². The minimum absolute atomic E-state index is 0. The van der Waals surface area contributed by atoms with Crippen LogP contribution in [0.15, 0.2) is 24.3 Å². The number of anilines is 1. The average Bonchev–Trinajstić information content (AvgIpc) is 2.81. The van der Waals surface area contributed by atoms with Crippen molar-refractivity contribution < 1.29 is 4.79 Å². The van der Waals surface area contributed by atoms with Crippen LogP contribution in [0.5, 0.6) is 0 Å². The summed E-state index contributed by atoms with van der Waals surface area (Å²) < 4.78 is 2.16. The number of hydrogen-bond donors (Lipinski definition) is 2. The third-order valence-corrected chi connectivity index (χ3v) is 4.49. The van der Waals surface area contributed by atoms with E-state index in [0.717, 1.165) is 48.7 Å². The van der Waals surface area contributed by atoms with E-state index in [-0.39, 0.29) is 18.3 Å². The Morgan fingerprint density at radius 2 is 2.04 bits per heavy atom. The number of benzene rings is 1. The molecule has 0 atom stereocenters. The predicted molar refractivity (Wildman–Crippen MR) is 96.6 cm³/mol. The van der Waals surface area contributed by atoms with Crippen molar-refractivity contribution in [2.75, 3.05) is 11.9 Å². The van der Waals surface area contributed by atoms with E-state index in [2.05, 4.69) is 34.3 Å².